The van der Waals surface area contributed by atoms with E-state index in [9.17, 15) is 9.59 Å². The minimum atomic E-state index is -0.244. The van der Waals surface area contributed by atoms with E-state index in [0.717, 1.165) is 18.8 Å². The molecule has 2 aliphatic heterocycles. The van der Waals surface area contributed by atoms with Gasteiger partial charge >= 0.3 is 0 Å². The monoisotopic (exact) mass is 329 g/mol. The first-order chi connectivity index (χ1) is 11.6. The summed E-state index contributed by atoms with van der Waals surface area (Å²) in [7, 11) is 0. The Morgan fingerprint density at radius 2 is 1.92 bits per heavy atom. The molecule has 0 bridgehead atoms. The minimum absolute atomic E-state index is 0.00522. The zero-order valence-electron chi connectivity index (χ0n) is 14.4. The number of hydrogen-bond donors (Lipinski definition) is 1. The Bertz CT molecular complexity index is 569. The van der Waals surface area contributed by atoms with Gasteiger partial charge in [0.1, 0.15) is 0 Å². The smallest absolute Gasteiger partial charge is 0.227 e. The maximum atomic E-state index is 12.4. The average molecular weight is 329 g/mol. The summed E-state index contributed by atoms with van der Waals surface area (Å²) in [6, 6.07) is 9.94. The van der Waals surface area contributed by atoms with Crippen LogP contribution < -0.4 is 10.2 Å². The second kappa shape index (κ2) is 7.79. The van der Waals surface area contributed by atoms with Gasteiger partial charge in [-0.25, -0.2) is 0 Å². The molecule has 2 atom stereocenters. The van der Waals surface area contributed by atoms with E-state index in [4.69, 9.17) is 0 Å². The van der Waals surface area contributed by atoms with Crippen molar-refractivity contribution in [2.75, 3.05) is 31.1 Å². The van der Waals surface area contributed by atoms with Crippen LogP contribution in [0.3, 0.4) is 0 Å². The number of para-hydroxylation sites is 1. The average Bonchev–Trinajstić information content (AvgIpc) is 3.02. The molecule has 2 heterocycles. The van der Waals surface area contributed by atoms with Crippen LogP contribution in [0.25, 0.3) is 0 Å². The summed E-state index contributed by atoms with van der Waals surface area (Å²) >= 11 is 0. The Morgan fingerprint density at radius 1 is 1.21 bits per heavy atom. The number of rotatable bonds is 5. The predicted molar refractivity (Wildman–Crippen MR) is 94.8 cm³/mol. The van der Waals surface area contributed by atoms with Crippen LogP contribution in [0.15, 0.2) is 30.3 Å². The van der Waals surface area contributed by atoms with E-state index in [1.807, 2.05) is 30.3 Å². The van der Waals surface area contributed by atoms with Gasteiger partial charge in [0.2, 0.25) is 11.8 Å². The first-order valence-electron chi connectivity index (χ1n) is 9.02. The number of amides is 2. The van der Waals surface area contributed by atoms with Crippen LogP contribution in [0, 0.1) is 5.92 Å². The number of likely N-dealkylation sites (tertiary alicyclic amines) is 1. The fourth-order valence-electron chi connectivity index (χ4n) is 3.62. The zero-order valence-corrected chi connectivity index (χ0v) is 14.4. The summed E-state index contributed by atoms with van der Waals surface area (Å²) < 4.78 is 0. The Kier molecular flexibility index (Phi) is 5.51. The lowest BCUT2D eigenvalue weighted by Crippen LogP contribution is -2.45. The SMILES string of the molecule is CC(CNC(=O)C1CC(=O)N(c2ccccc2)C1)N1CCCCC1. The first-order valence-corrected chi connectivity index (χ1v) is 9.02. The Hall–Kier alpha value is -1.88. The largest absolute Gasteiger partial charge is 0.354 e. The summed E-state index contributed by atoms with van der Waals surface area (Å²) in [5.41, 5.74) is 0.875. The molecule has 0 aliphatic carbocycles. The third-order valence-corrected chi connectivity index (χ3v) is 5.15. The number of carbonyl (C=O) groups excluding carboxylic acids is 2. The molecule has 1 aromatic carbocycles. The van der Waals surface area contributed by atoms with E-state index in [1.54, 1.807) is 4.90 Å². The number of benzene rings is 1. The second-order valence-electron chi connectivity index (χ2n) is 6.93. The van der Waals surface area contributed by atoms with E-state index < -0.39 is 0 Å². The van der Waals surface area contributed by atoms with Gasteiger partial charge in [0.15, 0.2) is 0 Å². The quantitative estimate of drug-likeness (QED) is 0.899. The molecular weight excluding hydrogens is 302 g/mol. The normalized spacial score (nSPS) is 23.3. The number of nitrogens with zero attached hydrogens (tertiary/aromatic N) is 2. The summed E-state index contributed by atoms with van der Waals surface area (Å²) in [5.74, 6) is -0.206. The van der Waals surface area contributed by atoms with Gasteiger partial charge in [0, 0.05) is 31.2 Å². The molecule has 130 valence electrons. The molecule has 24 heavy (non-hydrogen) atoms. The molecule has 1 N–H and O–H groups in total. The van der Waals surface area contributed by atoms with Crippen LogP contribution in [0.1, 0.15) is 32.6 Å². The Labute approximate surface area is 144 Å². The van der Waals surface area contributed by atoms with Gasteiger partial charge in [0.25, 0.3) is 0 Å². The van der Waals surface area contributed by atoms with Crippen molar-refractivity contribution in [2.24, 2.45) is 5.92 Å². The molecule has 2 fully saturated rings. The number of anilines is 1. The fraction of sp³-hybridized carbons (Fsp3) is 0.579. The maximum absolute atomic E-state index is 12.4. The van der Waals surface area contributed by atoms with Crippen LogP contribution in [0.5, 0.6) is 0 Å². The van der Waals surface area contributed by atoms with Gasteiger partial charge < -0.3 is 10.2 Å². The van der Waals surface area contributed by atoms with Crippen molar-refractivity contribution in [3.05, 3.63) is 30.3 Å². The molecule has 1 aromatic rings. The minimum Gasteiger partial charge on any atom is -0.354 e. The molecule has 2 unspecified atom stereocenters. The predicted octanol–water partition coefficient (Wildman–Crippen LogP) is 2.03. The van der Waals surface area contributed by atoms with E-state index in [2.05, 4.69) is 17.1 Å². The Morgan fingerprint density at radius 3 is 2.62 bits per heavy atom. The van der Waals surface area contributed by atoms with E-state index in [0.29, 0.717) is 25.6 Å². The zero-order chi connectivity index (χ0) is 16.9. The number of hydrogen-bond acceptors (Lipinski definition) is 3. The standard InChI is InChI=1S/C19H27N3O2/c1-15(21-10-6-3-7-11-21)13-20-19(24)16-12-18(23)22(14-16)17-8-4-2-5-9-17/h2,4-5,8-9,15-16H,3,6-7,10-14H2,1H3,(H,20,24). The molecule has 0 radical (unpaired) electrons. The highest BCUT2D eigenvalue weighted by molar-refractivity contribution is 6.00. The maximum Gasteiger partial charge on any atom is 0.227 e. The van der Waals surface area contributed by atoms with Crippen LogP contribution in [-0.2, 0) is 9.59 Å². The molecule has 0 aromatic heterocycles. The van der Waals surface area contributed by atoms with Gasteiger partial charge in [-0.05, 0) is 45.0 Å². The number of piperidine rings is 1. The first kappa shape index (κ1) is 17.0. The van der Waals surface area contributed by atoms with Gasteiger partial charge in [-0.1, -0.05) is 24.6 Å². The van der Waals surface area contributed by atoms with E-state index >= 15 is 0 Å². The van der Waals surface area contributed by atoms with E-state index in [-0.39, 0.29) is 17.7 Å². The molecule has 2 amide bonds. The molecule has 2 saturated heterocycles. The van der Waals surface area contributed by atoms with Crippen molar-refractivity contribution in [2.45, 2.75) is 38.6 Å². The lowest BCUT2D eigenvalue weighted by molar-refractivity contribution is -0.126. The van der Waals surface area contributed by atoms with Gasteiger partial charge in [-0.3, -0.25) is 14.5 Å². The molecule has 0 saturated carbocycles. The highest BCUT2D eigenvalue weighted by Crippen LogP contribution is 2.24. The van der Waals surface area contributed by atoms with Gasteiger partial charge in [0.05, 0.1) is 5.92 Å². The number of carbonyl (C=O) groups is 2. The molecule has 5 nitrogen and oxygen atoms in total. The van der Waals surface area contributed by atoms with Crippen molar-refractivity contribution in [1.82, 2.24) is 10.2 Å². The summed E-state index contributed by atoms with van der Waals surface area (Å²) in [4.78, 5) is 28.8. The second-order valence-corrected chi connectivity index (χ2v) is 6.93. The summed E-state index contributed by atoms with van der Waals surface area (Å²) in [6.07, 6.45) is 4.12. The topological polar surface area (TPSA) is 52.7 Å². The van der Waals surface area contributed by atoms with Crippen molar-refractivity contribution in [1.29, 1.82) is 0 Å². The van der Waals surface area contributed by atoms with Crippen molar-refractivity contribution < 1.29 is 9.59 Å². The third-order valence-electron chi connectivity index (χ3n) is 5.15. The molecule has 5 heteroatoms. The highest BCUT2D eigenvalue weighted by atomic mass is 16.2. The lowest BCUT2D eigenvalue weighted by Gasteiger charge is -2.32. The van der Waals surface area contributed by atoms with Crippen molar-refractivity contribution >= 4 is 17.5 Å². The van der Waals surface area contributed by atoms with Crippen molar-refractivity contribution in [3.8, 4) is 0 Å². The Balaban J connectivity index is 1.50. The molecular formula is C19H27N3O2. The van der Waals surface area contributed by atoms with Crippen LogP contribution in [-0.4, -0.2) is 48.9 Å². The van der Waals surface area contributed by atoms with Gasteiger partial charge in [-0.2, -0.15) is 0 Å². The van der Waals surface area contributed by atoms with Crippen LogP contribution >= 0.6 is 0 Å². The molecule has 3 rings (SSSR count). The third kappa shape index (κ3) is 3.96. The van der Waals surface area contributed by atoms with Crippen molar-refractivity contribution in [3.63, 3.8) is 0 Å². The molecule has 0 spiro atoms. The van der Waals surface area contributed by atoms with Crippen LogP contribution in [0.2, 0.25) is 0 Å². The van der Waals surface area contributed by atoms with Crippen LogP contribution in [0.4, 0.5) is 5.69 Å². The molecule has 2 aliphatic rings. The lowest BCUT2D eigenvalue weighted by atomic mass is 10.1. The van der Waals surface area contributed by atoms with Gasteiger partial charge in [-0.15, -0.1) is 0 Å². The number of nitrogens with one attached hydrogen (secondary N) is 1. The fourth-order valence-corrected chi connectivity index (χ4v) is 3.62. The van der Waals surface area contributed by atoms with E-state index in [1.165, 1.54) is 19.3 Å². The summed E-state index contributed by atoms with van der Waals surface area (Å²) in [5, 5.41) is 3.05. The summed E-state index contributed by atoms with van der Waals surface area (Å²) in [6.45, 7) is 5.56. The highest BCUT2D eigenvalue weighted by Gasteiger charge is 2.35.